The zero-order valence-corrected chi connectivity index (χ0v) is 10.1. The van der Waals surface area contributed by atoms with E-state index in [9.17, 15) is 4.79 Å². The lowest BCUT2D eigenvalue weighted by atomic mass is 9.77. The highest BCUT2D eigenvalue weighted by atomic mass is 16.1. The standard InChI is InChI=1S/C13H20N2O/c1-14-13(8-4-3-5-9-13)11-6-7-12(16)15(2)10-11/h6-7,10,14H,3-5,8-9H2,1-2H3. The molecule has 1 N–H and O–H groups in total. The minimum absolute atomic E-state index is 0.0609. The van der Waals surface area contributed by atoms with Crippen LogP contribution in [-0.2, 0) is 12.6 Å². The Balaban J connectivity index is 2.39. The van der Waals surface area contributed by atoms with E-state index >= 15 is 0 Å². The molecule has 0 aromatic carbocycles. The predicted octanol–water partition coefficient (Wildman–Crippen LogP) is 1.76. The summed E-state index contributed by atoms with van der Waals surface area (Å²) < 4.78 is 1.67. The highest BCUT2D eigenvalue weighted by Crippen LogP contribution is 2.36. The lowest BCUT2D eigenvalue weighted by Crippen LogP contribution is -2.42. The van der Waals surface area contributed by atoms with Crippen LogP contribution in [0.4, 0.5) is 0 Å². The van der Waals surface area contributed by atoms with Gasteiger partial charge < -0.3 is 9.88 Å². The van der Waals surface area contributed by atoms with E-state index in [4.69, 9.17) is 0 Å². The van der Waals surface area contributed by atoms with Gasteiger partial charge in [0.25, 0.3) is 0 Å². The maximum Gasteiger partial charge on any atom is 0.250 e. The predicted molar refractivity (Wildman–Crippen MR) is 65.5 cm³/mol. The first kappa shape index (κ1) is 11.4. The summed E-state index contributed by atoms with van der Waals surface area (Å²) in [6, 6.07) is 3.65. The molecule has 0 amide bonds. The highest BCUT2D eigenvalue weighted by molar-refractivity contribution is 5.22. The number of aryl methyl sites for hydroxylation is 1. The van der Waals surface area contributed by atoms with Crippen LogP contribution < -0.4 is 10.9 Å². The topological polar surface area (TPSA) is 34.0 Å². The minimum atomic E-state index is 0.0609. The fourth-order valence-corrected chi connectivity index (χ4v) is 2.72. The van der Waals surface area contributed by atoms with Gasteiger partial charge in [0.05, 0.1) is 0 Å². The van der Waals surface area contributed by atoms with Crippen LogP contribution in [0, 0.1) is 0 Å². The molecule has 1 fully saturated rings. The van der Waals surface area contributed by atoms with Gasteiger partial charge in [-0.25, -0.2) is 0 Å². The van der Waals surface area contributed by atoms with Crippen molar-refractivity contribution in [3.8, 4) is 0 Å². The Labute approximate surface area is 96.5 Å². The van der Waals surface area contributed by atoms with Crippen molar-refractivity contribution < 1.29 is 0 Å². The average molecular weight is 220 g/mol. The molecule has 3 heteroatoms. The highest BCUT2D eigenvalue weighted by Gasteiger charge is 2.32. The van der Waals surface area contributed by atoms with Crippen LogP contribution >= 0.6 is 0 Å². The molecule has 0 aliphatic heterocycles. The third-order valence-electron chi connectivity index (χ3n) is 3.82. The van der Waals surface area contributed by atoms with Gasteiger partial charge in [0.1, 0.15) is 0 Å². The van der Waals surface area contributed by atoms with E-state index in [1.165, 1.54) is 37.7 Å². The smallest absolute Gasteiger partial charge is 0.250 e. The van der Waals surface area contributed by atoms with Crippen LogP contribution in [0.15, 0.2) is 23.1 Å². The van der Waals surface area contributed by atoms with E-state index in [0.29, 0.717) is 0 Å². The summed E-state index contributed by atoms with van der Waals surface area (Å²) in [6.45, 7) is 0. The average Bonchev–Trinajstić information content (AvgIpc) is 2.33. The number of hydrogen-bond acceptors (Lipinski definition) is 2. The van der Waals surface area contributed by atoms with Crippen molar-refractivity contribution in [1.82, 2.24) is 9.88 Å². The Morgan fingerprint density at radius 2 is 1.94 bits per heavy atom. The first-order valence-corrected chi connectivity index (χ1v) is 6.04. The molecule has 16 heavy (non-hydrogen) atoms. The largest absolute Gasteiger partial charge is 0.318 e. The summed E-state index contributed by atoms with van der Waals surface area (Å²) in [5.74, 6) is 0. The second kappa shape index (κ2) is 4.42. The molecule has 1 aromatic heterocycles. The van der Waals surface area contributed by atoms with Gasteiger partial charge in [-0.3, -0.25) is 4.79 Å². The minimum Gasteiger partial charge on any atom is -0.318 e. The molecule has 88 valence electrons. The van der Waals surface area contributed by atoms with E-state index in [0.717, 1.165) is 0 Å². The maximum absolute atomic E-state index is 11.4. The number of hydrogen-bond donors (Lipinski definition) is 1. The Hall–Kier alpha value is -1.09. The van der Waals surface area contributed by atoms with Gasteiger partial charge in [0.15, 0.2) is 0 Å². The molecular formula is C13H20N2O. The number of nitrogens with zero attached hydrogens (tertiary/aromatic N) is 1. The first-order valence-electron chi connectivity index (χ1n) is 6.04. The van der Waals surface area contributed by atoms with Crippen LogP contribution in [0.25, 0.3) is 0 Å². The van der Waals surface area contributed by atoms with Crippen LogP contribution in [-0.4, -0.2) is 11.6 Å². The van der Waals surface area contributed by atoms with Gasteiger partial charge >= 0.3 is 0 Å². The summed E-state index contributed by atoms with van der Waals surface area (Å²) in [5.41, 5.74) is 1.39. The van der Waals surface area contributed by atoms with Crippen LogP contribution in [0.3, 0.4) is 0 Å². The molecule has 0 unspecified atom stereocenters. The molecule has 1 aliphatic rings. The van der Waals surface area contributed by atoms with Crippen molar-refractivity contribution >= 4 is 0 Å². The Morgan fingerprint density at radius 3 is 2.50 bits per heavy atom. The Bertz CT molecular complexity index is 416. The van der Waals surface area contributed by atoms with Gasteiger partial charge in [-0.15, -0.1) is 0 Å². The van der Waals surface area contributed by atoms with Gasteiger partial charge in [0.2, 0.25) is 5.56 Å². The molecule has 0 atom stereocenters. The first-order chi connectivity index (χ1) is 7.68. The van der Waals surface area contributed by atoms with Gasteiger partial charge in [-0.1, -0.05) is 25.3 Å². The van der Waals surface area contributed by atoms with Crippen LogP contribution in [0.1, 0.15) is 37.7 Å². The van der Waals surface area contributed by atoms with Crippen molar-refractivity contribution in [2.75, 3.05) is 7.05 Å². The maximum atomic E-state index is 11.4. The second-order valence-electron chi connectivity index (χ2n) is 4.76. The Morgan fingerprint density at radius 1 is 1.25 bits per heavy atom. The third kappa shape index (κ3) is 1.92. The summed E-state index contributed by atoms with van der Waals surface area (Å²) in [7, 11) is 3.84. The summed E-state index contributed by atoms with van der Waals surface area (Å²) in [5, 5.41) is 3.47. The van der Waals surface area contributed by atoms with Crippen molar-refractivity contribution in [2.45, 2.75) is 37.6 Å². The van der Waals surface area contributed by atoms with E-state index in [1.807, 2.05) is 26.4 Å². The Kier molecular flexibility index (Phi) is 3.15. The van der Waals surface area contributed by atoms with Crippen LogP contribution in [0.5, 0.6) is 0 Å². The summed E-state index contributed by atoms with van der Waals surface area (Å²) in [6.07, 6.45) is 8.18. The molecule has 2 rings (SSSR count). The van der Waals surface area contributed by atoms with Crippen molar-refractivity contribution in [2.24, 2.45) is 7.05 Å². The molecule has 1 aliphatic carbocycles. The van der Waals surface area contributed by atoms with E-state index in [1.54, 1.807) is 10.6 Å². The SMILES string of the molecule is CNC1(c2ccc(=O)n(C)c2)CCCCC1. The molecule has 0 radical (unpaired) electrons. The second-order valence-corrected chi connectivity index (χ2v) is 4.76. The quantitative estimate of drug-likeness (QED) is 0.824. The zero-order chi connectivity index (χ0) is 11.6. The van der Waals surface area contributed by atoms with Crippen molar-refractivity contribution in [3.63, 3.8) is 0 Å². The molecular weight excluding hydrogens is 200 g/mol. The van der Waals surface area contributed by atoms with Crippen molar-refractivity contribution in [1.29, 1.82) is 0 Å². The molecule has 0 bridgehead atoms. The van der Waals surface area contributed by atoms with Gasteiger partial charge in [0, 0.05) is 24.8 Å². The zero-order valence-electron chi connectivity index (χ0n) is 10.1. The lowest BCUT2D eigenvalue weighted by Gasteiger charge is -2.37. The molecule has 0 saturated heterocycles. The molecule has 1 heterocycles. The van der Waals surface area contributed by atoms with E-state index in [-0.39, 0.29) is 11.1 Å². The van der Waals surface area contributed by atoms with Gasteiger partial charge in [-0.2, -0.15) is 0 Å². The molecule has 1 saturated carbocycles. The normalized spacial score (nSPS) is 19.6. The fourth-order valence-electron chi connectivity index (χ4n) is 2.72. The molecule has 1 aromatic rings. The number of rotatable bonds is 2. The lowest BCUT2D eigenvalue weighted by molar-refractivity contribution is 0.249. The molecule has 3 nitrogen and oxygen atoms in total. The van der Waals surface area contributed by atoms with E-state index < -0.39 is 0 Å². The summed E-state index contributed by atoms with van der Waals surface area (Å²) >= 11 is 0. The van der Waals surface area contributed by atoms with Gasteiger partial charge in [-0.05, 0) is 25.5 Å². The monoisotopic (exact) mass is 220 g/mol. The number of nitrogens with one attached hydrogen (secondary N) is 1. The van der Waals surface area contributed by atoms with E-state index in [2.05, 4.69) is 5.32 Å². The third-order valence-corrected chi connectivity index (χ3v) is 3.82. The summed E-state index contributed by atoms with van der Waals surface area (Å²) in [4.78, 5) is 11.4. The number of pyridine rings is 1. The molecule has 0 spiro atoms. The number of aromatic nitrogens is 1. The fraction of sp³-hybridized carbons (Fsp3) is 0.615. The van der Waals surface area contributed by atoms with Crippen LogP contribution in [0.2, 0.25) is 0 Å². The van der Waals surface area contributed by atoms with Crippen molar-refractivity contribution in [3.05, 3.63) is 34.2 Å².